The largest absolute Gasteiger partial charge is 0.490 e. The average Bonchev–Trinajstić information content (AvgIpc) is 1.66. The van der Waals surface area contributed by atoms with Gasteiger partial charge in [-0.25, -0.2) is 13.7 Å². The molecule has 32 nitrogen and oxygen atoms in total. The number of hydrogen-bond donors (Lipinski definition) is 10. The number of aromatic amines is 1. The zero-order valence-corrected chi connectivity index (χ0v) is 56.3. The van der Waals surface area contributed by atoms with Crippen LogP contribution in [0.1, 0.15) is 109 Å². The Morgan fingerprint density at radius 3 is 2.32 bits per heavy atom. The molecule has 2 unspecified atom stereocenters. The van der Waals surface area contributed by atoms with Crippen LogP contribution in [0.5, 0.6) is 0 Å². The van der Waals surface area contributed by atoms with Gasteiger partial charge >= 0.3 is 23.5 Å². The number of anilines is 2. The lowest BCUT2D eigenvalue weighted by Gasteiger charge is -2.26. The number of fused-ring (bicyclic) bond motifs is 3. The van der Waals surface area contributed by atoms with E-state index in [-0.39, 0.29) is 63.5 Å². The first-order valence-corrected chi connectivity index (χ1v) is 38.2. The Balaban J connectivity index is 0.844. The van der Waals surface area contributed by atoms with E-state index in [4.69, 9.17) is 35.0 Å². The fourth-order valence-electron chi connectivity index (χ4n) is 10.8. The number of nitrogens with zero attached hydrogens (tertiary/aromatic N) is 7. The summed E-state index contributed by atoms with van der Waals surface area (Å²) in [6.45, 7) is 10.1. The zero-order chi connectivity index (χ0) is 67.6. The number of unbranched alkanes of at least 4 members (excludes halogenated alkanes) is 3. The molecule has 0 saturated carbocycles. The highest BCUT2D eigenvalue weighted by Crippen LogP contribution is 2.66. The first-order valence-electron chi connectivity index (χ1n) is 28.3. The molecule has 39 heteroatoms. The smallest absolute Gasteiger partial charge is 0.369 e. The molecule has 5 heterocycles. The van der Waals surface area contributed by atoms with Gasteiger partial charge < -0.3 is 54.9 Å². The number of amides is 2. The standard InChI is InChI=1S/C53H70N11O21P3S4/c1-6-62-39-20-18-35(91(75,76)77)28-37(39)52(2,3)43(62)15-9-7-10-16-44-53(4,5)38-29-36(92(78,79)80)19-21-40(38)63(44)25-12-8-11-17-45(65)57-24-27-90-89-26-22-46(66)56-23-13-14-34-31-64(49-48(34)50(67)60-51(54)59-49)47-30-41(81-33-58-61-55)42(83-47)32-82-87(71,72)85-88(73,74)84-86(68,69)70/h10,15-16,18-21,28-29,31,41-42,47H,6-9,11-12,17,22-27,30,32-33H2,1-5H3,(H10-,54,56,57,59,60,65,66,67,68,69,70,71,72,73,74,75,76,77,78,79,80)/p+1/b16-10+,43-15-/t41-,42+,47+/m0/s1. The quantitative estimate of drug-likeness (QED) is 0.00268. The van der Waals surface area contributed by atoms with Gasteiger partial charge in [-0.1, -0.05) is 64.5 Å². The maximum absolute atomic E-state index is 13.2. The Hall–Kier alpha value is -5.73. The van der Waals surface area contributed by atoms with Crippen LogP contribution in [0, 0.1) is 11.8 Å². The number of nitrogen functional groups attached to an aromatic ring is 1. The van der Waals surface area contributed by atoms with Crippen molar-refractivity contribution in [1.29, 1.82) is 0 Å². The maximum Gasteiger partial charge on any atom is 0.490 e. The van der Waals surface area contributed by atoms with Gasteiger partial charge in [-0.15, -0.1) is 0 Å². The van der Waals surface area contributed by atoms with Crippen LogP contribution in [-0.4, -0.2) is 145 Å². The van der Waals surface area contributed by atoms with Gasteiger partial charge in [-0.2, -0.15) is 35.0 Å². The van der Waals surface area contributed by atoms with E-state index in [2.05, 4.69) is 72.7 Å². The van der Waals surface area contributed by atoms with Gasteiger partial charge in [0.05, 0.1) is 45.4 Å². The molecule has 11 N–H and O–H groups in total. The van der Waals surface area contributed by atoms with Crippen molar-refractivity contribution in [2.45, 2.75) is 125 Å². The van der Waals surface area contributed by atoms with Gasteiger partial charge in [0.1, 0.15) is 25.6 Å². The summed E-state index contributed by atoms with van der Waals surface area (Å²) >= 11 is 0. The van der Waals surface area contributed by atoms with Crippen molar-refractivity contribution in [3.8, 4) is 11.8 Å². The molecule has 0 aliphatic carbocycles. The molecule has 2 aromatic heterocycles. The van der Waals surface area contributed by atoms with E-state index in [1.165, 1.54) is 56.6 Å². The number of rotatable bonds is 32. The fraction of sp³-hybridized carbons (Fsp3) is 0.491. The lowest BCUT2D eigenvalue weighted by atomic mass is 9.81. The Bertz CT molecular complexity index is 4120. The molecule has 2 amide bonds. The van der Waals surface area contributed by atoms with E-state index in [1.54, 1.807) is 12.1 Å². The van der Waals surface area contributed by atoms with Crippen LogP contribution in [0.25, 0.3) is 21.5 Å². The number of aromatic nitrogens is 3. The summed E-state index contributed by atoms with van der Waals surface area (Å²) in [6.07, 6.45) is 7.81. The number of azide groups is 1. The summed E-state index contributed by atoms with van der Waals surface area (Å²) in [6, 6.07) is 9.26. The second-order valence-electron chi connectivity index (χ2n) is 22.0. The van der Waals surface area contributed by atoms with E-state index >= 15 is 0 Å². The molecule has 3 aliphatic rings. The number of phosphoric ester groups is 1. The predicted molar refractivity (Wildman–Crippen MR) is 341 cm³/mol. The highest BCUT2D eigenvalue weighted by Gasteiger charge is 2.47. The number of likely N-dealkylation sites (N-methyl/N-ethyl adjacent to an activating group) is 1. The third kappa shape index (κ3) is 19.2. The van der Waals surface area contributed by atoms with Gasteiger partial charge in [-0.05, 0) is 87.9 Å². The predicted octanol–water partition coefficient (Wildman–Crippen LogP) is 7.11. The first kappa shape index (κ1) is 73.7. The van der Waals surface area contributed by atoms with Crippen molar-refractivity contribution in [2.75, 3.05) is 61.7 Å². The number of nitrogens with two attached hydrogens (primary N) is 1. The summed E-state index contributed by atoms with van der Waals surface area (Å²) in [5, 5.41) is 8.87. The number of allylic oxidation sites excluding steroid dienone is 4. The second-order valence-corrected chi connectivity index (χ2v) is 31.9. The van der Waals surface area contributed by atoms with Crippen LogP contribution in [-0.2, 0) is 77.0 Å². The van der Waals surface area contributed by atoms with Crippen molar-refractivity contribution in [3.63, 3.8) is 0 Å². The Labute approximate surface area is 537 Å². The van der Waals surface area contributed by atoms with Crippen LogP contribution in [0.4, 0.5) is 17.3 Å². The Kier molecular flexibility index (Phi) is 24.6. The molecular weight excluding hydrogens is 1350 g/mol. The molecule has 7 rings (SSSR count). The molecule has 3 aliphatic heterocycles. The van der Waals surface area contributed by atoms with E-state index in [0.29, 0.717) is 63.2 Å². The zero-order valence-electron chi connectivity index (χ0n) is 50.3. The molecule has 92 heavy (non-hydrogen) atoms. The van der Waals surface area contributed by atoms with Crippen LogP contribution < -0.4 is 26.8 Å². The summed E-state index contributed by atoms with van der Waals surface area (Å²) in [5.41, 5.74) is 18.0. The maximum atomic E-state index is 13.2. The van der Waals surface area contributed by atoms with Gasteiger partial charge in [0.2, 0.25) is 23.5 Å². The van der Waals surface area contributed by atoms with Gasteiger partial charge in [0.25, 0.3) is 25.8 Å². The van der Waals surface area contributed by atoms with Crippen LogP contribution >= 0.6 is 45.1 Å². The summed E-state index contributed by atoms with van der Waals surface area (Å²) in [7, 11) is -23.0. The molecule has 502 valence electrons. The minimum atomic E-state index is -5.84. The number of hydrogen-bond acceptors (Lipinski definition) is 21. The molecule has 0 spiro atoms. The number of ether oxygens (including phenoxy) is 2. The van der Waals surface area contributed by atoms with E-state index in [1.807, 2.05) is 40.7 Å². The number of benzene rings is 2. The van der Waals surface area contributed by atoms with Crippen molar-refractivity contribution >= 4 is 111 Å². The number of H-pyrrole nitrogens is 1. The molecule has 2 aromatic carbocycles. The highest BCUT2D eigenvalue weighted by molar-refractivity contribution is 8.76. The molecule has 1 saturated heterocycles. The lowest BCUT2D eigenvalue weighted by Crippen LogP contribution is -2.29. The third-order valence-corrected chi connectivity index (χ3v) is 22.8. The van der Waals surface area contributed by atoms with Crippen molar-refractivity contribution in [2.24, 2.45) is 5.11 Å². The van der Waals surface area contributed by atoms with E-state index < -0.39 is 91.9 Å². The van der Waals surface area contributed by atoms with E-state index in [0.717, 1.165) is 40.3 Å². The molecule has 0 bridgehead atoms. The van der Waals surface area contributed by atoms with Crippen LogP contribution in [0.15, 0.2) is 86.2 Å². The molecule has 5 atom stereocenters. The normalized spacial score (nSPS) is 19.5. The highest BCUT2D eigenvalue weighted by atomic mass is 33.1. The summed E-state index contributed by atoms with van der Waals surface area (Å²) < 4.78 is 131. The van der Waals surface area contributed by atoms with E-state index in [9.17, 15) is 63.8 Å². The fourth-order valence-corrected chi connectivity index (χ4v) is 16.7. The monoisotopic (exact) mass is 1420 g/mol. The summed E-state index contributed by atoms with van der Waals surface area (Å²) in [5.74, 6) is 5.91. The van der Waals surface area contributed by atoms with Crippen molar-refractivity contribution in [1.82, 2.24) is 25.2 Å². The minimum absolute atomic E-state index is 0.0271. The van der Waals surface area contributed by atoms with Gasteiger partial charge in [-0.3, -0.25) is 33.0 Å². The number of carbonyl (C=O) groups is 2. The second kappa shape index (κ2) is 30.8. The number of phosphoric acid groups is 3. The SMILES string of the molecule is CCN1/C(=C\CC/C=C/C2=[N+](CCCCCC(=O)NCCSSCCC(=O)NCC#Cc3cn([C@H]4C[C@H](OCN=[N+]=[N-])[C@@H](COP(=O)(O)OP(=O)(O)OP(=O)(O)O)O4)c4nc(N)[nH]c(=O)c34)c3ccc(S(=O)(=O)O)cc3C2(C)C)C(C)(C)c2cc(S(=O)(=O)O)ccc21. The first-order chi connectivity index (χ1) is 43.1. The van der Waals surface area contributed by atoms with Gasteiger partial charge in [0, 0.05) is 95.9 Å². The Morgan fingerprint density at radius 1 is 0.946 bits per heavy atom. The van der Waals surface area contributed by atoms with Crippen molar-refractivity contribution < 1.29 is 96.0 Å². The number of carbonyl (C=O) groups excluding carboxylic acids is 2. The third-order valence-electron chi connectivity index (χ3n) is 14.9. The van der Waals surface area contributed by atoms with Crippen LogP contribution in [0.2, 0.25) is 0 Å². The molecule has 1 fully saturated rings. The minimum Gasteiger partial charge on any atom is -0.369 e. The van der Waals surface area contributed by atoms with Gasteiger partial charge in [0.15, 0.2) is 11.4 Å². The molecular formula is C53H71N11O21P3S4+. The summed E-state index contributed by atoms with van der Waals surface area (Å²) in [4.78, 5) is 86.8. The van der Waals surface area contributed by atoms with Crippen molar-refractivity contribution in [3.05, 3.63) is 104 Å². The average molecular weight is 1420 g/mol. The topological polar surface area (TPSA) is 477 Å². The Morgan fingerprint density at radius 2 is 1.63 bits per heavy atom. The van der Waals surface area contributed by atoms with Crippen LogP contribution in [0.3, 0.4) is 0 Å². The molecule has 0 radical (unpaired) electrons. The molecule has 4 aromatic rings. The number of nitrogens with one attached hydrogen (secondary N) is 3. The lowest BCUT2D eigenvalue weighted by molar-refractivity contribution is -0.438.